The zero-order valence-corrected chi connectivity index (χ0v) is 10.5. The lowest BCUT2D eigenvalue weighted by Gasteiger charge is -2.11. The molecule has 0 atom stereocenters. The van der Waals surface area contributed by atoms with Crippen molar-refractivity contribution in [2.24, 2.45) is 0 Å². The Morgan fingerprint density at radius 1 is 1.50 bits per heavy atom. The molecule has 100 valence electrons. The van der Waals surface area contributed by atoms with Gasteiger partial charge in [-0.2, -0.15) is 0 Å². The van der Waals surface area contributed by atoms with E-state index in [9.17, 15) is 13.6 Å². The largest absolute Gasteiger partial charge is 0.496 e. The minimum atomic E-state index is -2.71. The fraction of sp³-hybridized carbons (Fsp3) is 0.500. The molecule has 0 amide bonds. The van der Waals surface area contributed by atoms with Crippen molar-refractivity contribution < 1.29 is 23.0 Å². The van der Waals surface area contributed by atoms with Gasteiger partial charge in [-0.15, -0.1) is 0 Å². The minimum absolute atomic E-state index is 0.149. The quantitative estimate of drug-likeness (QED) is 0.762. The van der Waals surface area contributed by atoms with E-state index in [0.29, 0.717) is 5.75 Å². The lowest BCUT2D eigenvalue weighted by atomic mass is 10.1. The van der Waals surface area contributed by atoms with Crippen molar-refractivity contribution in [3.05, 3.63) is 23.0 Å². The Balaban J connectivity index is 3.06. The maximum absolute atomic E-state index is 12.8. The number of rotatable bonds is 5. The summed E-state index contributed by atoms with van der Waals surface area (Å²) < 4.78 is 35.3. The van der Waals surface area contributed by atoms with Crippen LogP contribution in [0.4, 0.5) is 8.78 Å². The van der Waals surface area contributed by atoms with Gasteiger partial charge < -0.3 is 9.47 Å². The van der Waals surface area contributed by atoms with Crippen LogP contribution in [0.1, 0.15) is 30.3 Å². The van der Waals surface area contributed by atoms with E-state index in [1.54, 1.807) is 6.92 Å². The van der Waals surface area contributed by atoms with Crippen LogP contribution < -0.4 is 4.74 Å². The SMILES string of the molecule is CCOC(=O)Cc1cc(OC)c(C)c(C(F)F)n1. The molecule has 0 aliphatic rings. The monoisotopic (exact) mass is 259 g/mol. The Labute approximate surface area is 104 Å². The summed E-state index contributed by atoms with van der Waals surface area (Å²) in [5.74, 6) is -0.212. The highest BCUT2D eigenvalue weighted by molar-refractivity contribution is 5.72. The lowest BCUT2D eigenvalue weighted by molar-refractivity contribution is -0.142. The van der Waals surface area contributed by atoms with Crippen molar-refractivity contribution in [1.82, 2.24) is 4.98 Å². The number of hydrogen-bond donors (Lipinski definition) is 0. The molecule has 0 aliphatic heterocycles. The van der Waals surface area contributed by atoms with Crippen molar-refractivity contribution in [3.8, 4) is 5.75 Å². The van der Waals surface area contributed by atoms with Gasteiger partial charge in [0, 0.05) is 11.6 Å². The summed E-state index contributed by atoms with van der Waals surface area (Å²) >= 11 is 0. The zero-order chi connectivity index (χ0) is 13.7. The maximum atomic E-state index is 12.8. The number of esters is 1. The maximum Gasteiger partial charge on any atom is 0.311 e. The van der Waals surface area contributed by atoms with Crippen LogP contribution in [0.5, 0.6) is 5.75 Å². The molecule has 0 aromatic carbocycles. The molecular formula is C12H15F2NO3. The van der Waals surface area contributed by atoms with Crippen molar-refractivity contribution >= 4 is 5.97 Å². The molecule has 18 heavy (non-hydrogen) atoms. The molecule has 1 heterocycles. The van der Waals surface area contributed by atoms with E-state index >= 15 is 0 Å². The average molecular weight is 259 g/mol. The molecule has 0 aliphatic carbocycles. The Morgan fingerprint density at radius 2 is 2.17 bits per heavy atom. The highest BCUT2D eigenvalue weighted by Gasteiger charge is 2.18. The highest BCUT2D eigenvalue weighted by atomic mass is 19.3. The van der Waals surface area contributed by atoms with E-state index in [2.05, 4.69) is 4.98 Å². The van der Waals surface area contributed by atoms with Crippen molar-refractivity contribution in [2.45, 2.75) is 26.7 Å². The van der Waals surface area contributed by atoms with E-state index in [1.807, 2.05) is 0 Å². The molecule has 0 fully saturated rings. The number of carbonyl (C=O) groups excluding carboxylic acids is 1. The number of methoxy groups -OCH3 is 1. The van der Waals surface area contributed by atoms with Gasteiger partial charge in [-0.1, -0.05) is 0 Å². The normalized spacial score (nSPS) is 10.6. The molecule has 6 heteroatoms. The summed E-state index contributed by atoms with van der Waals surface area (Å²) in [4.78, 5) is 15.1. The fourth-order valence-corrected chi connectivity index (χ4v) is 1.53. The number of alkyl halides is 2. The molecular weight excluding hydrogens is 244 g/mol. The number of halogens is 2. The smallest absolute Gasteiger partial charge is 0.311 e. The van der Waals surface area contributed by atoms with Crippen LogP contribution in [-0.2, 0) is 16.0 Å². The Hall–Kier alpha value is -1.72. The molecule has 1 rings (SSSR count). The minimum Gasteiger partial charge on any atom is -0.496 e. The summed E-state index contributed by atoms with van der Waals surface area (Å²) in [6, 6.07) is 1.47. The second-order valence-corrected chi connectivity index (χ2v) is 3.61. The van der Waals surface area contributed by atoms with Gasteiger partial charge in [-0.25, -0.2) is 8.78 Å². The van der Waals surface area contributed by atoms with Gasteiger partial charge in [0.05, 0.1) is 25.8 Å². The lowest BCUT2D eigenvalue weighted by Crippen LogP contribution is -2.11. The van der Waals surface area contributed by atoms with Crippen molar-refractivity contribution in [2.75, 3.05) is 13.7 Å². The molecule has 1 aromatic rings. The Morgan fingerprint density at radius 3 is 2.67 bits per heavy atom. The third-order valence-electron chi connectivity index (χ3n) is 2.37. The third kappa shape index (κ3) is 3.38. The molecule has 0 spiro atoms. The van der Waals surface area contributed by atoms with E-state index in [4.69, 9.17) is 9.47 Å². The molecule has 0 saturated heterocycles. The standard InChI is InChI=1S/C12H15F2NO3/c1-4-18-10(16)6-8-5-9(17-3)7(2)11(15-8)12(13)14/h5,12H,4,6H2,1-3H3. The summed E-state index contributed by atoms with van der Waals surface area (Å²) in [7, 11) is 1.38. The Bertz CT molecular complexity index is 436. The van der Waals surface area contributed by atoms with Crippen LogP contribution in [0, 0.1) is 6.92 Å². The van der Waals surface area contributed by atoms with Crippen LogP contribution in [0.2, 0.25) is 0 Å². The molecule has 0 N–H and O–H groups in total. The first-order chi connectivity index (χ1) is 8.49. The van der Waals surface area contributed by atoms with Crippen molar-refractivity contribution in [1.29, 1.82) is 0 Å². The van der Waals surface area contributed by atoms with Gasteiger partial charge in [0.15, 0.2) is 0 Å². The summed E-state index contributed by atoms with van der Waals surface area (Å²) in [5, 5.41) is 0. The van der Waals surface area contributed by atoms with E-state index < -0.39 is 12.4 Å². The molecule has 0 bridgehead atoms. The third-order valence-corrected chi connectivity index (χ3v) is 2.37. The van der Waals surface area contributed by atoms with E-state index in [0.717, 1.165) is 0 Å². The predicted molar refractivity (Wildman–Crippen MR) is 60.8 cm³/mol. The van der Waals surface area contributed by atoms with E-state index in [1.165, 1.54) is 20.1 Å². The van der Waals surface area contributed by atoms with Crippen LogP contribution >= 0.6 is 0 Å². The number of nitrogens with zero attached hydrogens (tertiary/aromatic N) is 1. The molecule has 0 radical (unpaired) electrons. The average Bonchev–Trinajstić information content (AvgIpc) is 2.31. The van der Waals surface area contributed by atoms with Gasteiger partial charge in [0.2, 0.25) is 0 Å². The first kappa shape index (κ1) is 14.3. The van der Waals surface area contributed by atoms with Crippen LogP contribution in [0.25, 0.3) is 0 Å². The molecule has 0 saturated carbocycles. The van der Waals surface area contributed by atoms with Crippen LogP contribution in [-0.4, -0.2) is 24.7 Å². The number of carbonyl (C=O) groups is 1. The zero-order valence-electron chi connectivity index (χ0n) is 10.5. The second kappa shape index (κ2) is 6.28. The molecule has 0 unspecified atom stereocenters. The van der Waals surface area contributed by atoms with Gasteiger partial charge in [0.25, 0.3) is 6.43 Å². The Kier molecular flexibility index (Phi) is 5.00. The summed E-state index contributed by atoms with van der Waals surface area (Å²) in [6.07, 6.45) is -2.86. The van der Waals surface area contributed by atoms with Crippen LogP contribution in [0.3, 0.4) is 0 Å². The van der Waals surface area contributed by atoms with Gasteiger partial charge in [0.1, 0.15) is 11.4 Å². The predicted octanol–water partition coefficient (Wildman–Crippen LogP) is 2.44. The molecule has 1 aromatic heterocycles. The summed E-state index contributed by atoms with van der Waals surface area (Å²) in [6.45, 7) is 3.41. The van der Waals surface area contributed by atoms with E-state index in [-0.39, 0.29) is 30.0 Å². The highest BCUT2D eigenvalue weighted by Crippen LogP contribution is 2.28. The van der Waals surface area contributed by atoms with Gasteiger partial charge in [-0.05, 0) is 13.8 Å². The topological polar surface area (TPSA) is 48.4 Å². The molecule has 4 nitrogen and oxygen atoms in total. The second-order valence-electron chi connectivity index (χ2n) is 3.61. The fourth-order valence-electron chi connectivity index (χ4n) is 1.53. The number of pyridine rings is 1. The van der Waals surface area contributed by atoms with Gasteiger partial charge >= 0.3 is 5.97 Å². The van der Waals surface area contributed by atoms with Crippen LogP contribution in [0.15, 0.2) is 6.07 Å². The number of aromatic nitrogens is 1. The first-order valence-corrected chi connectivity index (χ1v) is 5.47. The van der Waals surface area contributed by atoms with Gasteiger partial charge in [-0.3, -0.25) is 9.78 Å². The number of hydrogen-bond acceptors (Lipinski definition) is 4. The summed E-state index contributed by atoms with van der Waals surface area (Å²) in [5.41, 5.74) is 0.125. The first-order valence-electron chi connectivity index (χ1n) is 5.47. The number of ether oxygens (including phenoxy) is 2. The van der Waals surface area contributed by atoms with Crippen molar-refractivity contribution in [3.63, 3.8) is 0 Å².